The van der Waals surface area contributed by atoms with Crippen LogP contribution in [0.3, 0.4) is 0 Å². The SMILES string of the molecule is CC1NCCC1C(=O)N(CC(=O)O)C1CC1. The summed E-state index contributed by atoms with van der Waals surface area (Å²) in [4.78, 5) is 24.5. The summed E-state index contributed by atoms with van der Waals surface area (Å²) in [7, 11) is 0. The van der Waals surface area contributed by atoms with Crippen molar-refractivity contribution in [2.24, 2.45) is 5.92 Å². The largest absolute Gasteiger partial charge is 0.480 e. The van der Waals surface area contributed by atoms with Gasteiger partial charge in [-0.25, -0.2) is 0 Å². The summed E-state index contributed by atoms with van der Waals surface area (Å²) in [6.45, 7) is 2.69. The molecule has 5 heteroatoms. The molecule has 2 N–H and O–H groups in total. The molecule has 0 bridgehead atoms. The van der Waals surface area contributed by atoms with E-state index in [2.05, 4.69) is 5.32 Å². The Hall–Kier alpha value is -1.10. The van der Waals surface area contributed by atoms with Crippen LogP contribution in [0.15, 0.2) is 0 Å². The predicted molar refractivity (Wildman–Crippen MR) is 57.9 cm³/mol. The number of rotatable bonds is 4. The Bertz CT molecular complexity index is 302. The number of nitrogens with zero attached hydrogens (tertiary/aromatic N) is 1. The molecule has 2 unspecified atom stereocenters. The zero-order chi connectivity index (χ0) is 11.7. The fraction of sp³-hybridized carbons (Fsp3) is 0.818. The molecule has 0 aromatic heterocycles. The van der Waals surface area contributed by atoms with E-state index < -0.39 is 5.97 Å². The highest BCUT2D eigenvalue weighted by Crippen LogP contribution is 2.30. The van der Waals surface area contributed by atoms with Crippen molar-refractivity contribution in [2.45, 2.75) is 38.3 Å². The van der Waals surface area contributed by atoms with Gasteiger partial charge in [-0.2, -0.15) is 0 Å². The third-order valence-electron chi connectivity index (χ3n) is 3.42. The maximum Gasteiger partial charge on any atom is 0.323 e. The first-order valence-corrected chi connectivity index (χ1v) is 5.85. The van der Waals surface area contributed by atoms with Crippen molar-refractivity contribution in [1.29, 1.82) is 0 Å². The molecule has 2 atom stereocenters. The third kappa shape index (κ3) is 2.35. The lowest BCUT2D eigenvalue weighted by Gasteiger charge is -2.25. The molecule has 0 aromatic rings. The van der Waals surface area contributed by atoms with E-state index in [9.17, 15) is 9.59 Å². The van der Waals surface area contributed by atoms with Crippen LogP contribution in [0.25, 0.3) is 0 Å². The predicted octanol–water partition coefficient (Wildman–Crippen LogP) is 0.0600. The van der Waals surface area contributed by atoms with Crippen molar-refractivity contribution in [3.05, 3.63) is 0 Å². The normalized spacial score (nSPS) is 29.1. The van der Waals surface area contributed by atoms with Crippen LogP contribution >= 0.6 is 0 Å². The molecular formula is C11H18N2O3. The standard InChI is InChI=1S/C11H18N2O3/c1-7-9(4-5-12-7)11(16)13(6-10(14)15)8-2-3-8/h7-9,12H,2-6H2,1H3,(H,14,15). The van der Waals surface area contributed by atoms with Crippen LogP contribution in [0.4, 0.5) is 0 Å². The lowest BCUT2D eigenvalue weighted by Crippen LogP contribution is -2.44. The van der Waals surface area contributed by atoms with E-state index in [1.54, 1.807) is 4.90 Å². The average Bonchev–Trinajstić information content (AvgIpc) is 2.97. The Morgan fingerprint density at radius 1 is 1.38 bits per heavy atom. The fourth-order valence-electron chi connectivity index (χ4n) is 2.33. The van der Waals surface area contributed by atoms with Crippen LogP contribution in [0.5, 0.6) is 0 Å². The summed E-state index contributed by atoms with van der Waals surface area (Å²) < 4.78 is 0. The van der Waals surface area contributed by atoms with Crippen molar-refractivity contribution in [2.75, 3.05) is 13.1 Å². The second-order valence-electron chi connectivity index (χ2n) is 4.73. The van der Waals surface area contributed by atoms with E-state index >= 15 is 0 Å². The molecule has 0 aromatic carbocycles. The van der Waals surface area contributed by atoms with Crippen molar-refractivity contribution in [1.82, 2.24) is 10.2 Å². The van der Waals surface area contributed by atoms with E-state index in [0.717, 1.165) is 25.8 Å². The van der Waals surface area contributed by atoms with Gasteiger partial charge in [-0.05, 0) is 32.7 Å². The van der Waals surface area contributed by atoms with Gasteiger partial charge in [0.25, 0.3) is 0 Å². The summed E-state index contributed by atoms with van der Waals surface area (Å²) in [5.74, 6) is -0.943. The molecule has 1 heterocycles. The van der Waals surface area contributed by atoms with Crippen molar-refractivity contribution in [3.8, 4) is 0 Å². The number of carboxylic acids is 1. The van der Waals surface area contributed by atoms with Gasteiger partial charge in [-0.15, -0.1) is 0 Å². The number of nitrogens with one attached hydrogen (secondary N) is 1. The second kappa shape index (κ2) is 4.41. The van der Waals surface area contributed by atoms with E-state index in [-0.39, 0.29) is 30.5 Å². The minimum absolute atomic E-state index is 0.0161. The van der Waals surface area contributed by atoms with E-state index in [1.165, 1.54) is 0 Å². The summed E-state index contributed by atoms with van der Waals surface area (Å²) in [6, 6.07) is 0.346. The Morgan fingerprint density at radius 3 is 2.50 bits per heavy atom. The first-order chi connectivity index (χ1) is 7.59. The van der Waals surface area contributed by atoms with Crippen molar-refractivity contribution < 1.29 is 14.7 Å². The molecule has 1 amide bonds. The molecule has 16 heavy (non-hydrogen) atoms. The average molecular weight is 226 g/mol. The number of carbonyl (C=O) groups is 2. The minimum atomic E-state index is -0.918. The quantitative estimate of drug-likeness (QED) is 0.711. The number of amides is 1. The summed E-state index contributed by atoms with van der Waals surface area (Å²) in [5.41, 5.74) is 0. The van der Waals surface area contributed by atoms with E-state index in [0.29, 0.717) is 0 Å². The van der Waals surface area contributed by atoms with E-state index in [1.807, 2.05) is 6.92 Å². The van der Waals surface area contributed by atoms with Gasteiger partial charge in [0.2, 0.25) is 5.91 Å². The van der Waals surface area contributed by atoms with Gasteiger partial charge in [0.15, 0.2) is 0 Å². The molecule has 1 saturated heterocycles. The van der Waals surface area contributed by atoms with Gasteiger partial charge < -0.3 is 15.3 Å². The summed E-state index contributed by atoms with van der Waals surface area (Å²) >= 11 is 0. The van der Waals surface area contributed by atoms with Gasteiger partial charge >= 0.3 is 5.97 Å². The van der Waals surface area contributed by atoms with Crippen molar-refractivity contribution in [3.63, 3.8) is 0 Å². The first kappa shape index (κ1) is 11.4. The Labute approximate surface area is 94.8 Å². The van der Waals surface area contributed by atoms with Crippen LogP contribution in [-0.2, 0) is 9.59 Å². The van der Waals surface area contributed by atoms with Gasteiger partial charge in [0, 0.05) is 12.1 Å². The van der Waals surface area contributed by atoms with Gasteiger partial charge in [-0.1, -0.05) is 0 Å². The van der Waals surface area contributed by atoms with Crippen LogP contribution in [0, 0.1) is 5.92 Å². The molecular weight excluding hydrogens is 208 g/mol. The summed E-state index contributed by atoms with van der Waals surface area (Å²) in [6.07, 6.45) is 2.73. The molecule has 0 spiro atoms. The van der Waals surface area contributed by atoms with Gasteiger partial charge in [-0.3, -0.25) is 9.59 Å². The van der Waals surface area contributed by atoms with Crippen LogP contribution < -0.4 is 5.32 Å². The molecule has 0 radical (unpaired) electrons. The zero-order valence-electron chi connectivity index (χ0n) is 9.48. The van der Waals surface area contributed by atoms with Crippen LogP contribution in [-0.4, -0.2) is 47.1 Å². The second-order valence-corrected chi connectivity index (χ2v) is 4.73. The van der Waals surface area contributed by atoms with Crippen LogP contribution in [0.2, 0.25) is 0 Å². The smallest absolute Gasteiger partial charge is 0.323 e. The lowest BCUT2D eigenvalue weighted by atomic mass is 10.0. The van der Waals surface area contributed by atoms with E-state index in [4.69, 9.17) is 5.11 Å². The minimum Gasteiger partial charge on any atom is -0.480 e. The van der Waals surface area contributed by atoms with Gasteiger partial charge in [0.05, 0.1) is 5.92 Å². The zero-order valence-corrected chi connectivity index (χ0v) is 9.48. The molecule has 2 aliphatic rings. The summed E-state index contributed by atoms with van der Waals surface area (Å²) in [5, 5.41) is 12.0. The lowest BCUT2D eigenvalue weighted by molar-refractivity contribution is -0.146. The van der Waals surface area contributed by atoms with Crippen molar-refractivity contribution >= 4 is 11.9 Å². The maximum absolute atomic E-state index is 12.2. The fourth-order valence-corrected chi connectivity index (χ4v) is 2.33. The third-order valence-corrected chi connectivity index (χ3v) is 3.42. The molecule has 1 aliphatic heterocycles. The van der Waals surface area contributed by atoms with Gasteiger partial charge in [0.1, 0.15) is 6.54 Å². The molecule has 2 fully saturated rings. The Kier molecular flexibility index (Phi) is 3.14. The monoisotopic (exact) mass is 226 g/mol. The number of carbonyl (C=O) groups excluding carboxylic acids is 1. The highest BCUT2D eigenvalue weighted by atomic mass is 16.4. The molecule has 1 saturated carbocycles. The van der Waals surface area contributed by atoms with Crippen LogP contribution in [0.1, 0.15) is 26.2 Å². The molecule has 5 nitrogen and oxygen atoms in total. The molecule has 2 rings (SSSR count). The Morgan fingerprint density at radius 2 is 2.06 bits per heavy atom. The number of aliphatic carboxylic acids is 1. The number of hydrogen-bond acceptors (Lipinski definition) is 3. The Balaban J connectivity index is 2.01. The maximum atomic E-state index is 12.2. The number of hydrogen-bond donors (Lipinski definition) is 2. The number of carboxylic acid groups (broad SMARTS) is 1. The first-order valence-electron chi connectivity index (χ1n) is 5.85. The molecule has 90 valence electrons. The highest BCUT2D eigenvalue weighted by Gasteiger charge is 2.39. The topological polar surface area (TPSA) is 69.6 Å². The molecule has 1 aliphatic carbocycles. The highest BCUT2D eigenvalue weighted by molar-refractivity contribution is 5.84.